The van der Waals surface area contributed by atoms with Crippen LogP contribution in [0.4, 0.5) is 5.69 Å². The number of nitrogens with one attached hydrogen (secondary N) is 1. The summed E-state index contributed by atoms with van der Waals surface area (Å²) in [4.78, 5) is 0. The Balaban J connectivity index is 1.71. The predicted molar refractivity (Wildman–Crippen MR) is 81.7 cm³/mol. The molecule has 0 bridgehead atoms. The first-order valence-electron chi connectivity index (χ1n) is 7.12. The Morgan fingerprint density at radius 1 is 1.05 bits per heavy atom. The number of hydrogen-bond donors (Lipinski definition) is 1. The summed E-state index contributed by atoms with van der Waals surface area (Å²) in [6.07, 6.45) is 2.74. The average Bonchev–Trinajstić information content (AvgIpc) is 3.25. The van der Waals surface area contributed by atoms with Crippen LogP contribution in [-0.2, 0) is 6.54 Å². The quantitative estimate of drug-likeness (QED) is 0.823. The van der Waals surface area contributed by atoms with Gasteiger partial charge in [0.2, 0.25) is 0 Å². The van der Waals surface area contributed by atoms with Crippen molar-refractivity contribution in [1.29, 1.82) is 0 Å². The fraction of sp³-hybridized carbons (Fsp3) is 0.333. The van der Waals surface area contributed by atoms with Gasteiger partial charge in [0.1, 0.15) is 0 Å². The third-order valence-electron chi connectivity index (χ3n) is 3.88. The highest BCUT2D eigenvalue weighted by Gasteiger charge is 2.23. The summed E-state index contributed by atoms with van der Waals surface area (Å²) < 4.78 is 0. The van der Waals surface area contributed by atoms with E-state index in [0.717, 1.165) is 12.5 Å². The highest BCUT2D eigenvalue weighted by atomic mass is 14.9. The fourth-order valence-corrected chi connectivity index (χ4v) is 2.50. The van der Waals surface area contributed by atoms with Crippen LogP contribution in [0.3, 0.4) is 0 Å². The molecule has 0 saturated heterocycles. The molecule has 2 aromatic rings. The van der Waals surface area contributed by atoms with Gasteiger partial charge in [0.25, 0.3) is 0 Å². The van der Waals surface area contributed by atoms with Crippen molar-refractivity contribution in [2.45, 2.75) is 39.2 Å². The maximum absolute atomic E-state index is 3.56. The molecule has 0 spiro atoms. The van der Waals surface area contributed by atoms with Gasteiger partial charge in [-0.3, -0.25) is 0 Å². The second-order valence-electron chi connectivity index (χ2n) is 5.69. The van der Waals surface area contributed by atoms with Crippen LogP contribution < -0.4 is 5.32 Å². The number of benzene rings is 2. The van der Waals surface area contributed by atoms with Crippen molar-refractivity contribution in [3.63, 3.8) is 0 Å². The van der Waals surface area contributed by atoms with Crippen molar-refractivity contribution in [2.24, 2.45) is 0 Å². The molecule has 0 atom stereocenters. The van der Waals surface area contributed by atoms with Gasteiger partial charge in [0, 0.05) is 12.2 Å². The molecule has 0 radical (unpaired) electrons. The lowest BCUT2D eigenvalue weighted by Crippen LogP contribution is -2.01. The molecular weight excluding hydrogens is 230 g/mol. The lowest BCUT2D eigenvalue weighted by atomic mass is 10.1. The maximum atomic E-state index is 3.56. The highest BCUT2D eigenvalue weighted by Crippen LogP contribution is 2.40. The summed E-state index contributed by atoms with van der Waals surface area (Å²) in [6, 6.07) is 15.6. The smallest absolute Gasteiger partial charge is 0.0400 e. The van der Waals surface area contributed by atoms with E-state index in [2.05, 4.69) is 61.6 Å². The van der Waals surface area contributed by atoms with Gasteiger partial charge < -0.3 is 5.32 Å². The van der Waals surface area contributed by atoms with Crippen molar-refractivity contribution in [3.05, 3.63) is 64.7 Å². The zero-order chi connectivity index (χ0) is 13.2. The van der Waals surface area contributed by atoms with Gasteiger partial charge in [-0.05, 0) is 60.9 Å². The van der Waals surface area contributed by atoms with Crippen molar-refractivity contribution in [2.75, 3.05) is 5.32 Å². The number of rotatable bonds is 4. The largest absolute Gasteiger partial charge is 0.381 e. The lowest BCUT2D eigenvalue weighted by molar-refractivity contribution is 1.08. The maximum Gasteiger partial charge on any atom is 0.0400 e. The van der Waals surface area contributed by atoms with Gasteiger partial charge in [-0.25, -0.2) is 0 Å². The van der Waals surface area contributed by atoms with Crippen molar-refractivity contribution >= 4 is 5.69 Å². The van der Waals surface area contributed by atoms with Crippen LogP contribution in [0.5, 0.6) is 0 Å². The summed E-state index contributed by atoms with van der Waals surface area (Å²) in [5, 5.41) is 3.56. The molecule has 0 heterocycles. The zero-order valence-corrected chi connectivity index (χ0v) is 11.7. The molecule has 98 valence electrons. The Bertz CT molecular complexity index is 582. The molecule has 1 aliphatic rings. The molecule has 1 aliphatic carbocycles. The molecule has 0 amide bonds. The Morgan fingerprint density at radius 2 is 1.89 bits per heavy atom. The molecule has 1 N–H and O–H groups in total. The summed E-state index contributed by atoms with van der Waals surface area (Å²) in [5.74, 6) is 0.834. The van der Waals surface area contributed by atoms with Gasteiger partial charge in [0.15, 0.2) is 0 Å². The molecule has 0 aromatic heterocycles. The monoisotopic (exact) mass is 251 g/mol. The van der Waals surface area contributed by atoms with Crippen LogP contribution in [-0.4, -0.2) is 0 Å². The first kappa shape index (κ1) is 12.3. The van der Waals surface area contributed by atoms with Crippen LogP contribution >= 0.6 is 0 Å². The number of hydrogen-bond acceptors (Lipinski definition) is 1. The van der Waals surface area contributed by atoms with E-state index >= 15 is 0 Å². The summed E-state index contributed by atoms with van der Waals surface area (Å²) in [5.41, 5.74) is 6.76. The molecular formula is C18H21N. The second kappa shape index (κ2) is 5.08. The van der Waals surface area contributed by atoms with E-state index < -0.39 is 0 Å². The molecule has 0 aliphatic heterocycles. The average molecular weight is 251 g/mol. The Morgan fingerprint density at radius 3 is 2.68 bits per heavy atom. The van der Waals surface area contributed by atoms with E-state index in [-0.39, 0.29) is 0 Å². The van der Waals surface area contributed by atoms with Crippen LogP contribution in [0, 0.1) is 13.8 Å². The third kappa shape index (κ3) is 2.98. The predicted octanol–water partition coefficient (Wildman–Crippen LogP) is 4.79. The van der Waals surface area contributed by atoms with Crippen LogP contribution in [0.15, 0.2) is 42.5 Å². The summed E-state index contributed by atoms with van der Waals surface area (Å²) in [7, 11) is 0. The van der Waals surface area contributed by atoms with Crippen LogP contribution in [0.2, 0.25) is 0 Å². The number of aryl methyl sites for hydroxylation is 2. The van der Waals surface area contributed by atoms with E-state index in [4.69, 9.17) is 0 Å². The van der Waals surface area contributed by atoms with Crippen molar-refractivity contribution < 1.29 is 0 Å². The molecule has 1 heteroatoms. The van der Waals surface area contributed by atoms with Gasteiger partial charge in [-0.15, -0.1) is 0 Å². The molecule has 1 saturated carbocycles. The molecule has 3 rings (SSSR count). The minimum atomic E-state index is 0.834. The molecule has 2 aromatic carbocycles. The molecule has 1 fully saturated rings. The summed E-state index contributed by atoms with van der Waals surface area (Å²) >= 11 is 0. The van der Waals surface area contributed by atoms with E-state index in [0.29, 0.717) is 0 Å². The summed E-state index contributed by atoms with van der Waals surface area (Å²) in [6.45, 7) is 5.20. The van der Waals surface area contributed by atoms with E-state index in [1.807, 2.05) is 0 Å². The van der Waals surface area contributed by atoms with Crippen LogP contribution in [0.25, 0.3) is 0 Å². The first-order valence-corrected chi connectivity index (χ1v) is 7.12. The minimum absolute atomic E-state index is 0.834. The second-order valence-corrected chi connectivity index (χ2v) is 5.69. The van der Waals surface area contributed by atoms with Crippen LogP contribution in [0.1, 0.15) is 41.0 Å². The zero-order valence-electron chi connectivity index (χ0n) is 11.7. The van der Waals surface area contributed by atoms with E-state index in [1.54, 1.807) is 0 Å². The SMILES string of the molecule is Cc1ccc(C)c(NCc2cccc(C3CC3)c2)c1. The Labute approximate surface area is 115 Å². The van der Waals surface area contributed by atoms with Crippen molar-refractivity contribution in [1.82, 2.24) is 0 Å². The molecule has 1 nitrogen and oxygen atoms in total. The van der Waals surface area contributed by atoms with E-state index in [9.17, 15) is 0 Å². The van der Waals surface area contributed by atoms with E-state index in [1.165, 1.54) is 40.8 Å². The highest BCUT2D eigenvalue weighted by molar-refractivity contribution is 5.52. The Kier molecular flexibility index (Phi) is 3.29. The topological polar surface area (TPSA) is 12.0 Å². The van der Waals surface area contributed by atoms with Gasteiger partial charge in [-0.1, -0.05) is 36.4 Å². The minimum Gasteiger partial charge on any atom is -0.381 e. The lowest BCUT2D eigenvalue weighted by Gasteiger charge is -2.11. The van der Waals surface area contributed by atoms with Gasteiger partial charge in [-0.2, -0.15) is 0 Å². The van der Waals surface area contributed by atoms with Gasteiger partial charge in [0.05, 0.1) is 0 Å². The van der Waals surface area contributed by atoms with Crippen molar-refractivity contribution in [3.8, 4) is 0 Å². The first-order chi connectivity index (χ1) is 9.22. The molecule has 0 unspecified atom stereocenters. The normalized spacial score (nSPS) is 14.4. The van der Waals surface area contributed by atoms with Gasteiger partial charge >= 0.3 is 0 Å². The number of anilines is 1. The molecule has 19 heavy (non-hydrogen) atoms. The Hall–Kier alpha value is -1.76. The standard InChI is InChI=1S/C18H21N/c1-13-6-7-14(2)18(10-13)19-12-15-4-3-5-17(11-15)16-8-9-16/h3-7,10-11,16,19H,8-9,12H2,1-2H3. The third-order valence-corrected chi connectivity index (χ3v) is 3.88. The fourth-order valence-electron chi connectivity index (χ4n) is 2.50.